The fraction of sp³-hybridized carbons (Fsp3) is 0.344. The zero-order valence-corrected chi connectivity index (χ0v) is 24.0. The Labute approximate surface area is 228 Å². The summed E-state index contributed by atoms with van der Waals surface area (Å²) in [5.74, 6) is 0.943. The van der Waals surface area contributed by atoms with Gasteiger partial charge in [0.25, 0.3) is 0 Å². The molecule has 4 rings (SSSR count). The normalized spacial score (nSPS) is 11.0. The van der Waals surface area contributed by atoms with Crippen LogP contribution in [0.15, 0.2) is 72.9 Å². The minimum atomic E-state index is 0.572. The first-order chi connectivity index (χ1) is 17.9. The van der Waals surface area contributed by atoms with Gasteiger partial charge < -0.3 is 10.7 Å². The molecular weight excluding hydrogens is 472 g/mol. The molecule has 2 N–H and O–H groups in total. The monoisotopic (exact) mass is 514 g/mol. The van der Waals surface area contributed by atoms with E-state index in [4.69, 9.17) is 5.41 Å². The van der Waals surface area contributed by atoms with Crippen molar-refractivity contribution in [1.29, 1.82) is 10.7 Å². The average Bonchev–Trinajstić information content (AvgIpc) is 2.89. The van der Waals surface area contributed by atoms with E-state index in [2.05, 4.69) is 62.4 Å². The van der Waals surface area contributed by atoms with Gasteiger partial charge in [0, 0.05) is 16.8 Å². The van der Waals surface area contributed by atoms with Crippen LogP contribution in [-0.2, 0) is 12.8 Å². The number of anilines is 1. The number of fused-ring (bicyclic) bond motifs is 2. The minimum absolute atomic E-state index is 0.572. The molecule has 5 heteroatoms. The maximum atomic E-state index is 9.24. The molecule has 1 heterocycles. The molecule has 1 aliphatic carbocycles. The Morgan fingerprint density at radius 1 is 1.11 bits per heavy atom. The molecule has 37 heavy (non-hydrogen) atoms. The fourth-order valence-corrected chi connectivity index (χ4v) is 4.37. The summed E-state index contributed by atoms with van der Waals surface area (Å²) in [6, 6.07) is 16.4. The zero-order chi connectivity index (χ0) is 27.6. The zero-order valence-electron chi connectivity index (χ0n) is 23.2. The molecule has 0 bridgehead atoms. The molecule has 0 aliphatic heterocycles. The number of aromatic nitrogens is 1. The number of hydrogen-bond donors (Lipinski definition) is 2. The molecule has 2 aromatic carbocycles. The first-order valence-corrected chi connectivity index (χ1v) is 14.0. The predicted octanol–water partition coefficient (Wildman–Crippen LogP) is 9.34. The highest BCUT2D eigenvalue weighted by atomic mass is 32.2. The number of rotatable bonds is 5. The lowest BCUT2D eigenvalue weighted by Crippen LogP contribution is -2.03. The van der Waals surface area contributed by atoms with Crippen molar-refractivity contribution in [3.05, 3.63) is 90.2 Å². The van der Waals surface area contributed by atoms with Crippen molar-refractivity contribution in [3.63, 3.8) is 0 Å². The molecule has 0 saturated carbocycles. The highest BCUT2D eigenvalue weighted by Gasteiger charge is 2.13. The third kappa shape index (κ3) is 10.7. The summed E-state index contributed by atoms with van der Waals surface area (Å²) in [6.07, 6.45) is 9.52. The van der Waals surface area contributed by atoms with E-state index in [0.717, 1.165) is 32.9 Å². The standard InChI is InChI=1S/C16H16N2S.C10H12N2.C3H8.C3H6/c1-2-19-16-14(10-17)8-13-7-11-5-3-4-6-12(11)9-15(13)18-16;1-3-12-10-6-4-5-9(7-10)8(2)11;2*1-3-2/h7-9H,2-6H2,1H3;3-7,11-12H,1H2,2H3;3H2,1-2H3;3H,1H2,2H3. The number of nitrogens with one attached hydrogen (secondary N) is 2. The summed E-state index contributed by atoms with van der Waals surface area (Å²) >= 11 is 1.65. The molecule has 0 fully saturated rings. The molecule has 0 atom stereocenters. The Morgan fingerprint density at radius 3 is 2.27 bits per heavy atom. The van der Waals surface area contributed by atoms with E-state index in [9.17, 15) is 5.26 Å². The van der Waals surface area contributed by atoms with Crippen molar-refractivity contribution in [1.82, 2.24) is 4.98 Å². The van der Waals surface area contributed by atoms with Gasteiger partial charge in [-0.1, -0.05) is 52.0 Å². The summed E-state index contributed by atoms with van der Waals surface area (Å²) in [7, 11) is 0. The molecule has 0 spiro atoms. The number of aryl methyl sites for hydroxylation is 2. The highest BCUT2D eigenvalue weighted by Crippen LogP contribution is 2.29. The van der Waals surface area contributed by atoms with Crippen molar-refractivity contribution in [2.45, 2.75) is 71.7 Å². The van der Waals surface area contributed by atoms with Crippen molar-refractivity contribution in [2.24, 2.45) is 0 Å². The molecule has 0 amide bonds. The second-order valence-corrected chi connectivity index (χ2v) is 9.83. The lowest BCUT2D eigenvalue weighted by Gasteiger charge is -2.16. The molecule has 4 nitrogen and oxygen atoms in total. The van der Waals surface area contributed by atoms with E-state index in [1.54, 1.807) is 31.0 Å². The van der Waals surface area contributed by atoms with Gasteiger partial charge in [-0.2, -0.15) is 5.26 Å². The summed E-state index contributed by atoms with van der Waals surface area (Å²) in [4.78, 5) is 4.68. The van der Waals surface area contributed by atoms with E-state index in [0.29, 0.717) is 11.3 Å². The molecule has 0 radical (unpaired) electrons. The fourth-order valence-electron chi connectivity index (χ4n) is 3.68. The Balaban J connectivity index is 0.000000326. The summed E-state index contributed by atoms with van der Waals surface area (Å²) in [5.41, 5.74) is 7.10. The third-order valence-electron chi connectivity index (χ3n) is 5.21. The van der Waals surface area contributed by atoms with Crippen LogP contribution in [-0.4, -0.2) is 16.4 Å². The van der Waals surface area contributed by atoms with E-state index < -0.39 is 0 Å². The van der Waals surface area contributed by atoms with Crippen molar-refractivity contribution in [3.8, 4) is 6.07 Å². The van der Waals surface area contributed by atoms with Crippen LogP contribution in [0.1, 0.15) is 76.1 Å². The number of thioether (sulfide) groups is 1. The van der Waals surface area contributed by atoms with Crippen LogP contribution in [0.4, 0.5) is 5.69 Å². The van der Waals surface area contributed by atoms with Gasteiger partial charge in [0.15, 0.2) is 0 Å². The summed E-state index contributed by atoms with van der Waals surface area (Å²) < 4.78 is 0. The Kier molecular flexibility index (Phi) is 15.4. The average molecular weight is 515 g/mol. The van der Waals surface area contributed by atoms with Gasteiger partial charge in [-0.3, -0.25) is 0 Å². The molecule has 0 saturated heterocycles. The van der Waals surface area contributed by atoms with Crippen LogP contribution >= 0.6 is 11.8 Å². The van der Waals surface area contributed by atoms with Gasteiger partial charge in [-0.25, -0.2) is 4.98 Å². The van der Waals surface area contributed by atoms with Crippen LogP contribution in [0, 0.1) is 16.7 Å². The van der Waals surface area contributed by atoms with Gasteiger partial charge in [-0.05, 0) is 98.5 Å². The van der Waals surface area contributed by atoms with E-state index >= 15 is 0 Å². The molecule has 196 valence electrons. The largest absolute Gasteiger partial charge is 0.362 e. The van der Waals surface area contributed by atoms with E-state index in [1.807, 2.05) is 37.3 Å². The number of allylic oxidation sites excluding steroid dienone is 1. The SMILES string of the molecule is C=CC.C=CNc1cccc(C(C)=N)c1.CCC.CCSc1nc2cc3c(cc2cc1C#N)CCCC3. The number of pyridine rings is 1. The molecule has 1 aromatic heterocycles. The van der Waals surface area contributed by atoms with Crippen LogP contribution < -0.4 is 5.32 Å². The number of benzene rings is 2. The van der Waals surface area contributed by atoms with Gasteiger partial charge in [0.05, 0.1) is 11.1 Å². The number of hydrogen-bond acceptors (Lipinski definition) is 5. The van der Waals surface area contributed by atoms with Crippen molar-refractivity contribution in [2.75, 3.05) is 11.1 Å². The van der Waals surface area contributed by atoms with Crippen molar-refractivity contribution >= 4 is 34.1 Å². The Hall–Kier alpha value is -3.36. The topological polar surface area (TPSA) is 72.6 Å². The van der Waals surface area contributed by atoms with Crippen LogP contribution in [0.25, 0.3) is 10.9 Å². The second kappa shape index (κ2) is 18.0. The summed E-state index contributed by atoms with van der Waals surface area (Å²) in [5, 5.41) is 21.6. The van der Waals surface area contributed by atoms with Gasteiger partial charge >= 0.3 is 0 Å². The van der Waals surface area contributed by atoms with E-state index in [1.165, 1.54) is 43.2 Å². The number of nitriles is 1. The molecule has 3 aromatic rings. The van der Waals surface area contributed by atoms with Crippen LogP contribution in [0.2, 0.25) is 0 Å². The molecule has 1 aliphatic rings. The van der Waals surface area contributed by atoms with Crippen molar-refractivity contribution < 1.29 is 0 Å². The predicted molar refractivity (Wildman–Crippen MR) is 164 cm³/mol. The lowest BCUT2D eigenvalue weighted by molar-refractivity contribution is 0.687. The highest BCUT2D eigenvalue weighted by molar-refractivity contribution is 7.99. The maximum absolute atomic E-state index is 9.24. The number of nitrogens with zero attached hydrogens (tertiary/aromatic N) is 2. The second-order valence-electron chi connectivity index (χ2n) is 8.58. The first-order valence-electron chi connectivity index (χ1n) is 13.0. The van der Waals surface area contributed by atoms with Crippen LogP contribution in [0.5, 0.6) is 0 Å². The van der Waals surface area contributed by atoms with Gasteiger partial charge in [-0.15, -0.1) is 18.3 Å². The quantitative estimate of drug-likeness (QED) is 0.202. The molecular formula is C32H42N4S. The molecule has 0 unspecified atom stereocenters. The smallest absolute Gasteiger partial charge is 0.115 e. The van der Waals surface area contributed by atoms with Gasteiger partial charge in [0.1, 0.15) is 11.1 Å². The first kappa shape index (κ1) is 31.7. The Morgan fingerprint density at radius 2 is 1.73 bits per heavy atom. The Bertz CT molecular complexity index is 1210. The van der Waals surface area contributed by atoms with Gasteiger partial charge in [0.2, 0.25) is 0 Å². The lowest BCUT2D eigenvalue weighted by atomic mass is 9.90. The third-order valence-corrected chi connectivity index (χ3v) is 6.08. The maximum Gasteiger partial charge on any atom is 0.115 e. The minimum Gasteiger partial charge on any atom is -0.362 e. The summed E-state index contributed by atoms with van der Waals surface area (Å²) in [6.45, 7) is 16.9. The van der Waals surface area contributed by atoms with E-state index in [-0.39, 0.29) is 0 Å². The van der Waals surface area contributed by atoms with Crippen LogP contribution in [0.3, 0.4) is 0 Å².